The fraction of sp³-hybridized carbons (Fsp3) is 0.286. The van der Waals surface area contributed by atoms with Crippen LogP contribution in [0.2, 0.25) is 0 Å². The highest BCUT2D eigenvalue weighted by Crippen LogP contribution is 2.61. The van der Waals surface area contributed by atoms with E-state index in [0.29, 0.717) is 0 Å². The zero-order chi connectivity index (χ0) is 35.5. The van der Waals surface area contributed by atoms with Gasteiger partial charge in [-0.05, 0) is 112 Å². The standard InChI is InChI=1S/C42H30N4O2S4/c1-45-25(23-43)17-27-9-11-35(49-27)37-21-31-39(51-37)29-19-34-30(20-33(29)47-41(31)13-5-3-6-14-41)40-32(42(48-34)15-7-4-8-16-42)22-38(52-40)36-12-10-28(50-36)18-26(24-44)46-2/h9-12,17-22H,3-8,13-16H2/b25-17-,26-18+. The Balaban J connectivity index is 1.17. The first-order valence-electron chi connectivity index (χ1n) is 17.5. The molecule has 52 heavy (non-hydrogen) atoms. The van der Waals surface area contributed by atoms with E-state index in [1.165, 1.54) is 43.5 Å². The lowest BCUT2D eigenvalue weighted by atomic mass is 9.76. The van der Waals surface area contributed by atoms with Gasteiger partial charge < -0.3 is 9.47 Å². The van der Waals surface area contributed by atoms with Gasteiger partial charge >= 0.3 is 0 Å². The number of benzene rings is 1. The molecule has 9 rings (SSSR count). The van der Waals surface area contributed by atoms with E-state index < -0.39 is 0 Å². The summed E-state index contributed by atoms with van der Waals surface area (Å²) < 4.78 is 14.4. The fourth-order valence-electron chi connectivity index (χ4n) is 8.28. The van der Waals surface area contributed by atoms with Crippen LogP contribution >= 0.6 is 45.3 Å². The summed E-state index contributed by atoms with van der Waals surface area (Å²) in [4.78, 5) is 15.6. The number of thiophene rings is 4. The molecule has 0 bridgehead atoms. The first-order valence-corrected chi connectivity index (χ1v) is 20.8. The van der Waals surface area contributed by atoms with Crippen LogP contribution in [0.3, 0.4) is 0 Å². The van der Waals surface area contributed by atoms with Gasteiger partial charge in [0, 0.05) is 61.3 Å². The van der Waals surface area contributed by atoms with Crippen molar-refractivity contribution in [2.24, 2.45) is 0 Å². The number of hydrogen-bond acceptors (Lipinski definition) is 8. The summed E-state index contributed by atoms with van der Waals surface area (Å²) in [7, 11) is 0. The highest BCUT2D eigenvalue weighted by molar-refractivity contribution is 7.25. The molecule has 0 N–H and O–H groups in total. The van der Waals surface area contributed by atoms with E-state index in [9.17, 15) is 10.5 Å². The van der Waals surface area contributed by atoms with Crippen LogP contribution in [0.5, 0.6) is 11.5 Å². The molecule has 1 aromatic carbocycles. The van der Waals surface area contributed by atoms with E-state index in [1.54, 1.807) is 57.5 Å². The number of fused-ring (bicyclic) bond motifs is 8. The summed E-state index contributed by atoms with van der Waals surface area (Å²) in [6.45, 7) is 14.6. The highest BCUT2D eigenvalue weighted by Gasteiger charge is 2.47. The maximum atomic E-state index is 9.30. The van der Waals surface area contributed by atoms with Crippen molar-refractivity contribution >= 4 is 57.5 Å². The van der Waals surface area contributed by atoms with Gasteiger partial charge in [-0.3, -0.25) is 0 Å². The van der Waals surface area contributed by atoms with Crippen LogP contribution < -0.4 is 9.47 Å². The third kappa shape index (κ3) is 5.42. The fourth-order valence-corrected chi connectivity index (χ4v) is 12.9. The molecule has 0 atom stereocenters. The van der Waals surface area contributed by atoms with Crippen molar-refractivity contribution in [3.05, 3.63) is 104 Å². The third-order valence-electron chi connectivity index (χ3n) is 10.7. The topological polar surface area (TPSA) is 74.8 Å². The Morgan fingerprint density at radius 2 is 1.02 bits per heavy atom. The summed E-state index contributed by atoms with van der Waals surface area (Å²) in [6.07, 6.45) is 14.2. The van der Waals surface area contributed by atoms with Crippen LogP contribution in [0.15, 0.2) is 59.9 Å². The van der Waals surface area contributed by atoms with E-state index in [4.69, 9.17) is 22.6 Å². The number of nitriles is 2. The number of rotatable bonds is 4. The van der Waals surface area contributed by atoms with Gasteiger partial charge in [-0.1, -0.05) is 12.8 Å². The van der Waals surface area contributed by atoms with Crippen molar-refractivity contribution in [1.29, 1.82) is 10.5 Å². The minimum absolute atomic E-state index is 0.0898. The first-order chi connectivity index (χ1) is 25.4. The molecule has 2 spiro atoms. The van der Waals surface area contributed by atoms with Gasteiger partial charge in [-0.15, -0.1) is 45.3 Å². The summed E-state index contributed by atoms with van der Waals surface area (Å²) in [6, 6.07) is 21.3. The number of nitrogens with zero attached hydrogens (tertiary/aromatic N) is 4. The molecular weight excluding hydrogens is 721 g/mol. The molecule has 2 fully saturated rings. The van der Waals surface area contributed by atoms with Crippen molar-refractivity contribution in [3.8, 4) is 64.0 Å². The van der Waals surface area contributed by atoms with E-state index in [1.807, 2.05) is 24.3 Å². The largest absolute Gasteiger partial charge is 0.482 e. The van der Waals surface area contributed by atoms with Gasteiger partial charge in [-0.25, -0.2) is 20.2 Å². The van der Waals surface area contributed by atoms with Crippen molar-refractivity contribution in [1.82, 2.24) is 0 Å². The van der Waals surface area contributed by atoms with Crippen molar-refractivity contribution < 1.29 is 9.47 Å². The lowest BCUT2D eigenvalue weighted by Gasteiger charge is -2.44. The summed E-state index contributed by atoms with van der Waals surface area (Å²) >= 11 is 6.83. The van der Waals surface area contributed by atoms with E-state index in [2.05, 4.69) is 46.1 Å². The number of ether oxygens (including phenoxy) is 2. The SMILES string of the molecule is [C-]#[N+]/C(C#N)=C\c1ccc(-c2cc3c(s2)-c2cc4c(cc2OC32CCCCC2)-c2sc(-c3ccc(/C=C(\C#N)[N+]#[C-])s3)cc2C2(CCCCC2)O4)s1. The second-order valence-electron chi connectivity index (χ2n) is 13.8. The van der Waals surface area contributed by atoms with Crippen molar-refractivity contribution in [2.75, 3.05) is 0 Å². The molecule has 4 aromatic heterocycles. The first kappa shape index (κ1) is 32.9. The van der Waals surface area contributed by atoms with Gasteiger partial charge in [0.1, 0.15) is 22.7 Å². The molecule has 2 aliphatic heterocycles. The molecule has 0 radical (unpaired) electrons. The quantitative estimate of drug-likeness (QED) is 0.135. The minimum atomic E-state index is -0.375. The van der Waals surface area contributed by atoms with Crippen molar-refractivity contribution in [2.45, 2.75) is 75.4 Å². The molecule has 4 aliphatic rings. The van der Waals surface area contributed by atoms with Gasteiger partial charge in [0.2, 0.25) is 0 Å². The molecule has 2 saturated carbocycles. The maximum Gasteiger partial charge on any atom is 0.263 e. The Kier molecular flexibility index (Phi) is 8.19. The molecular formula is C42H30N4O2S4. The monoisotopic (exact) mass is 750 g/mol. The average molecular weight is 751 g/mol. The Bertz CT molecular complexity index is 2300. The van der Waals surface area contributed by atoms with Crippen LogP contribution in [-0.4, -0.2) is 0 Å². The Labute approximate surface area is 318 Å². The summed E-state index contributed by atoms with van der Waals surface area (Å²) in [5.74, 6) is 1.84. The average Bonchev–Trinajstić information content (AvgIpc) is 4.00. The van der Waals surface area contributed by atoms with Crippen LogP contribution in [0, 0.1) is 35.8 Å². The molecule has 6 nitrogen and oxygen atoms in total. The van der Waals surface area contributed by atoms with Gasteiger partial charge in [0.15, 0.2) is 0 Å². The predicted octanol–water partition coefficient (Wildman–Crippen LogP) is 13.3. The molecule has 2 aliphatic carbocycles. The lowest BCUT2D eigenvalue weighted by molar-refractivity contribution is 0.0203. The maximum absolute atomic E-state index is 9.30. The van der Waals surface area contributed by atoms with Crippen molar-refractivity contribution in [3.63, 3.8) is 0 Å². The molecule has 0 unspecified atom stereocenters. The Hall–Kier alpha value is -4.94. The lowest BCUT2D eigenvalue weighted by Crippen LogP contribution is -2.38. The smallest absolute Gasteiger partial charge is 0.263 e. The van der Waals surface area contributed by atoms with Crippen LogP contribution in [0.1, 0.15) is 85.1 Å². The highest BCUT2D eigenvalue weighted by atomic mass is 32.1. The molecule has 0 amide bonds. The zero-order valence-electron chi connectivity index (χ0n) is 28.1. The molecule has 254 valence electrons. The Morgan fingerprint density at radius 3 is 1.40 bits per heavy atom. The molecule has 0 saturated heterocycles. The van der Waals surface area contributed by atoms with E-state index >= 15 is 0 Å². The second-order valence-corrected chi connectivity index (χ2v) is 18.1. The van der Waals surface area contributed by atoms with Gasteiger partial charge in [-0.2, -0.15) is 0 Å². The van der Waals surface area contributed by atoms with Gasteiger partial charge in [0.25, 0.3) is 11.4 Å². The number of allylic oxidation sites excluding steroid dienone is 2. The van der Waals surface area contributed by atoms with Crippen LogP contribution in [0.25, 0.3) is 62.2 Å². The predicted molar refractivity (Wildman–Crippen MR) is 211 cm³/mol. The molecule has 10 heteroatoms. The van der Waals surface area contributed by atoms with E-state index in [-0.39, 0.29) is 22.6 Å². The zero-order valence-corrected chi connectivity index (χ0v) is 31.3. The summed E-state index contributed by atoms with van der Waals surface area (Å²) in [5, 5.41) is 18.6. The van der Waals surface area contributed by atoms with Gasteiger partial charge in [0.05, 0.1) is 25.3 Å². The molecule has 5 aromatic rings. The third-order valence-corrected chi connectivity index (χ3v) is 15.5. The van der Waals surface area contributed by atoms with Crippen LogP contribution in [0.4, 0.5) is 0 Å². The molecule has 6 heterocycles. The minimum Gasteiger partial charge on any atom is -0.482 e. The normalized spacial score (nSPS) is 18.0. The second kappa shape index (κ2) is 12.9. The van der Waals surface area contributed by atoms with E-state index in [0.717, 1.165) is 93.5 Å². The Morgan fingerprint density at radius 1 is 0.596 bits per heavy atom. The number of hydrogen-bond donors (Lipinski definition) is 0. The van der Waals surface area contributed by atoms with Crippen LogP contribution in [-0.2, 0) is 11.2 Å². The summed E-state index contributed by atoms with van der Waals surface area (Å²) in [5.41, 5.74) is 4.15.